The average molecular weight is 384 g/mol. The number of hydrogen-bond acceptors (Lipinski definition) is 4. The molecule has 1 aromatic carbocycles. The molecule has 0 saturated carbocycles. The molecule has 1 N–H and O–H groups in total. The number of nitrogens with zero attached hydrogens (tertiary/aromatic N) is 3. The van der Waals surface area contributed by atoms with E-state index in [1.807, 2.05) is 18.2 Å². The number of alkyl halides is 2. The predicted molar refractivity (Wildman–Crippen MR) is 98.3 cm³/mol. The molecule has 0 saturated heterocycles. The molecule has 144 valence electrons. The molecule has 3 aromatic rings. The summed E-state index contributed by atoms with van der Waals surface area (Å²) in [6, 6.07) is 9.27. The number of fused-ring (bicyclic) bond motifs is 1. The molecule has 0 radical (unpaired) electrons. The molecule has 2 aromatic heterocycles. The topological polar surface area (TPSA) is 69.0 Å². The zero-order valence-electron chi connectivity index (χ0n) is 14.9. The number of hydrogen-bond donors (Lipinski definition) is 1. The summed E-state index contributed by atoms with van der Waals surface area (Å²) < 4.78 is 31.8. The van der Waals surface area contributed by atoms with Gasteiger partial charge < -0.3 is 10.1 Å². The average Bonchev–Trinajstić information content (AvgIpc) is 3.34. The molecule has 8 heteroatoms. The molecular weight excluding hydrogens is 366 g/mol. The van der Waals surface area contributed by atoms with Crippen LogP contribution in [0.3, 0.4) is 0 Å². The van der Waals surface area contributed by atoms with Crippen molar-refractivity contribution < 1.29 is 18.3 Å². The monoisotopic (exact) mass is 384 g/mol. The summed E-state index contributed by atoms with van der Waals surface area (Å²) in [6.07, 6.45) is 2.97. The minimum absolute atomic E-state index is 0.103. The Bertz CT molecular complexity index is 1000. The number of rotatable bonds is 6. The number of ether oxygens (including phenoxy) is 1. The van der Waals surface area contributed by atoms with Crippen LogP contribution < -0.4 is 10.1 Å². The molecule has 28 heavy (non-hydrogen) atoms. The van der Waals surface area contributed by atoms with Gasteiger partial charge in [0.2, 0.25) is 0 Å². The van der Waals surface area contributed by atoms with Crippen LogP contribution >= 0.6 is 0 Å². The second kappa shape index (κ2) is 7.75. The molecule has 0 unspecified atom stereocenters. The quantitative estimate of drug-likeness (QED) is 0.709. The number of amides is 1. The number of pyridine rings is 1. The molecule has 3 heterocycles. The van der Waals surface area contributed by atoms with E-state index in [4.69, 9.17) is 4.74 Å². The standard InChI is InChI=1S/C20H18F2N4O2/c21-19(22)12-26-17(3-5-25-26)11-24-20(27)16-8-15(9-23-10-16)13-1-2-18-14(7-13)4-6-28-18/h1-3,5,7-10,19H,4,6,11-12H2,(H,24,27). The Kier molecular flexibility index (Phi) is 5.01. The van der Waals surface area contributed by atoms with Crippen LogP contribution in [0, 0.1) is 0 Å². The maximum Gasteiger partial charge on any atom is 0.257 e. The molecule has 0 atom stereocenters. The summed E-state index contributed by atoms with van der Waals surface area (Å²) in [5, 5.41) is 6.58. The zero-order chi connectivity index (χ0) is 19.5. The van der Waals surface area contributed by atoms with Crippen LogP contribution in [0.15, 0.2) is 48.9 Å². The maximum atomic E-state index is 12.6. The van der Waals surface area contributed by atoms with Gasteiger partial charge in [-0.25, -0.2) is 8.78 Å². The van der Waals surface area contributed by atoms with Gasteiger partial charge in [-0.15, -0.1) is 0 Å². The van der Waals surface area contributed by atoms with E-state index in [0.29, 0.717) is 17.9 Å². The molecule has 1 aliphatic heterocycles. The molecule has 6 nitrogen and oxygen atoms in total. The van der Waals surface area contributed by atoms with Gasteiger partial charge in [0.25, 0.3) is 12.3 Å². The number of nitrogens with one attached hydrogen (secondary N) is 1. The van der Waals surface area contributed by atoms with E-state index in [-0.39, 0.29) is 12.5 Å². The lowest BCUT2D eigenvalue weighted by Crippen LogP contribution is -2.25. The third-order valence-electron chi connectivity index (χ3n) is 4.57. The number of carbonyl (C=O) groups excluding carboxylic acids is 1. The van der Waals surface area contributed by atoms with Crippen molar-refractivity contribution in [1.82, 2.24) is 20.1 Å². The summed E-state index contributed by atoms with van der Waals surface area (Å²) in [5.74, 6) is 0.564. The van der Waals surface area contributed by atoms with E-state index in [2.05, 4.69) is 15.4 Å². The molecule has 4 rings (SSSR count). The van der Waals surface area contributed by atoms with Gasteiger partial charge in [0.15, 0.2) is 0 Å². The number of halogens is 2. The van der Waals surface area contributed by atoms with Gasteiger partial charge in [-0.3, -0.25) is 14.5 Å². The number of carbonyl (C=O) groups is 1. The van der Waals surface area contributed by atoms with Crippen molar-refractivity contribution in [1.29, 1.82) is 0 Å². The molecule has 1 amide bonds. The second-order valence-electron chi connectivity index (χ2n) is 6.46. The van der Waals surface area contributed by atoms with Gasteiger partial charge in [-0.1, -0.05) is 6.07 Å². The first-order valence-corrected chi connectivity index (χ1v) is 8.88. The fourth-order valence-electron chi connectivity index (χ4n) is 3.17. The van der Waals surface area contributed by atoms with Gasteiger partial charge >= 0.3 is 0 Å². The maximum absolute atomic E-state index is 12.6. The normalized spacial score (nSPS) is 12.7. The van der Waals surface area contributed by atoms with Crippen molar-refractivity contribution in [2.45, 2.75) is 25.9 Å². The minimum Gasteiger partial charge on any atom is -0.493 e. The third-order valence-corrected chi connectivity index (χ3v) is 4.57. The van der Waals surface area contributed by atoms with Crippen LogP contribution in [0.2, 0.25) is 0 Å². The second-order valence-corrected chi connectivity index (χ2v) is 6.46. The summed E-state index contributed by atoms with van der Waals surface area (Å²) in [7, 11) is 0. The highest BCUT2D eigenvalue weighted by Gasteiger charge is 2.15. The molecule has 0 bridgehead atoms. The summed E-state index contributed by atoms with van der Waals surface area (Å²) >= 11 is 0. The van der Waals surface area contributed by atoms with E-state index in [1.54, 1.807) is 18.3 Å². The Morgan fingerprint density at radius 2 is 2.11 bits per heavy atom. The predicted octanol–water partition coefficient (Wildman–Crippen LogP) is 3.08. The molecule has 0 aliphatic carbocycles. The lowest BCUT2D eigenvalue weighted by Gasteiger charge is -2.09. The Morgan fingerprint density at radius 1 is 1.21 bits per heavy atom. The van der Waals surface area contributed by atoms with Crippen LogP contribution in [-0.4, -0.2) is 33.7 Å². The lowest BCUT2D eigenvalue weighted by atomic mass is 10.0. The molecule has 1 aliphatic rings. The first-order valence-electron chi connectivity index (χ1n) is 8.88. The van der Waals surface area contributed by atoms with E-state index in [1.165, 1.54) is 17.1 Å². The Morgan fingerprint density at radius 3 is 2.96 bits per heavy atom. The molecule has 0 fully saturated rings. The fourth-order valence-corrected chi connectivity index (χ4v) is 3.17. The van der Waals surface area contributed by atoms with E-state index in [9.17, 15) is 13.6 Å². The fraction of sp³-hybridized carbons (Fsp3) is 0.250. The van der Waals surface area contributed by atoms with Gasteiger partial charge in [0.1, 0.15) is 12.3 Å². The van der Waals surface area contributed by atoms with Crippen molar-refractivity contribution in [2.75, 3.05) is 6.61 Å². The highest BCUT2D eigenvalue weighted by molar-refractivity contribution is 5.95. The van der Waals surface area contributed by atoms with Crippen LogP contribution in [0.5, 0.6) is 5.75 Å². The Balaban J connectivity index is 1.47. The van der Waals surface area contributed by atoms with E-state index in [0.717, 1.165) is 28.9 Å². The largest absolute Gasteiger partial charge is 0.493 e. The van der Waals surface area contributed by atoms with Gasteiger partial charge in [0, 0.05) is 30.6 Å². The first-order chi connectivity index (χ1) is 13.6. The van der Waals surface area contributed by atoms with Crippen LogP contribution in [0.25, 0.3) is 11.1 Å². The lowest BCUT2D eigenvalue weighted by molar-refractivity contribution is 0.0948. The first kappa shape index (κ1) is 18.1. The summed E-state index contributed by atoms with van der Waals surface area (Å²) in [6.45, 7) is 0.283. The van der Waals surface area contributed by atoms with Crippen molar-refractivity contribution in [3.63, 3.8) is 0 Å². The van der Waals surface area contributed by atoms with Crippen molar-refractivity contribution in [3.05, 3.63) is 65.7 Å². The van der Waals surface area contributed by atoms with Gasteiger partial charge in [-0.2, -0.15) is 5.10 Å². The number of benzene rings is 1. The Hall–Kier alpha value is -3.29. The number of aromatic nitrogens is 3. The summed E-state index contributed by atoms with van der Waals surface area (Å²) in [5.41, 5.74) is 3.83. The highest BCUT2D eigenvalue weighted by Crippen LogP contribution is 2.30. The highest BCUT2D eigenvalue weighted by atomic mass is 19.3. The van der Waals surface area contributed by atoms with Gasteiger partial charge in [0.05, 0.1) is 24.4 Å². The van der Waals surface area contributed by atoms with Crippen molar-refractivity contribution >= 4 is 5.91 Å². The molecule has 0 spiro atoms. The Labute approximate surface area is 160 Å². The third kappa shape index (κ3) is 3.85. The van der Waals surface area contributed by atoms with Crippen LogP contribution in [0.4, 0.5) is 8.78 Å². The summed E-state index contributed by atoms with van der Waals surface area (Å²) in [4.78, 5) is 16.7. The van der Waals surface area contributed by atoms with Gasteiger partial charge in [-0.05, 0) is 35.4 Å². The van der Waals surface area contributed by atoms with Crippen LogP contribution in [0.1, 0.15) is 21.6 Å². The van der Waals surface area contributed by atoms with Crippen molar-refractivity contribution in [3.8, 4) is 16.9 Å². The van der Waals surface area contributed by atoms with E-state index < -0.39 is 13.0 Å². The smallest absolute Gasteiger partial charge is 0.257 e. The van der Waals surface area contributed by atoms with Crippen molar-refractivity contribution in [2.24, 2.45) is 0 Å². The van der Waals surface area contributed by atoms with E-state index >= 15 is 0 Å². The SMILES string of the molecule is O=C(NCc1ccnn1CC(F)F)c1cncc(-c2ccc3c(c2)CCO3)c1. The minimum atomic E-state index is -2.51. The zero-order valence-corrected chi connectivity index (χ0v) is 14.9. The van der Waals surface area contributed by atoms with Crippen LogP contribution in [-0.2, 0) is 19.5 Å². The molecular formula is C20H18F2N4O2.